The Morgan fingerprint density at radius 1 is 1.09 bits per heavy atom. The highest BCUT2D eigenvalue weighted by molar-refractivity contribution is 5.37. The van der Waals surface area contributed by atoms with Crippen LogP contribution in [0.15, 0.2) is 48.1 Å². The Morgan fingerprint density at radius 2 is 1.78 bits per heavy atom. The van der Waals surface area contributed by atoms with E-state index in [1.807, 2.05) is 12.1 Å². The summed E-state index contributed by atoms with van der Waals surface area (Å²) in [5.74, 6) is 0. The number of likely N-dealkylation sites (N-methyl/N-ethyl adjacent to an activating group) is 1. The lowest BCUT2D eigenvalue weighted by atomic mass is 9.89. The third-order valence-corrected chi connectivity index (χ3v) is 5.68. The lowest BCUT2D eigenvalue weighted by Gasteiger charge is -2.19. The first-order valence-corrected chi connectivity index (χ1v) is 8.70. The molecule has 2 aliphatic rings. The molecule has 23 heavy (non-hydrogen) atoms. The van der Waals surface area contributed by atoms with E-state index in [-0.39, 0.29) is 0 Å². The monoisotopic (exact) mass is 311 g/mol. The van der Waals surface area contributed by atoms with Gasteiger partial charge < -0.3 is 0 Å². The average molecular weight is 311 g/mol. The van der Waals surface area contributed by atoms with Gasteiger partial charge in [0.1, 0.15) is 0 Å². The third kappa shape index (κ3) is 3.59. The third-order valence-electron chi connectivity index (χ3n) is 5.68. The maximum absolute atomic E-state index is 5.87. The van der Waals surface area contributed by atoms with Crippen LogP contribution in [0.4, 0.5) is 0 Å². The van der Waals surface area contributed by atoms with E-state index in [1.54, 1.807) is 0 Å². The predicted octanol–water partition coefficient (Wildman–Crippen LogP) is 5.01. The molecule has 2 aliphatic carbocycles. The molecular weight excluding hydrogens is 282 g/mol. The lowest BCUT2D eigenvalue weighted by molar-refractivity contribution is -0.143. The molecule has 0 aromatic heterocycles. The topological polar surface area (TPSA) is 12.5 Å². The number of hydrogen-bond donors (Lipinski definition) is 0. The van der Waals surface area contributed by atoms with Crippen LogP contribution < -0.4 is 0 Å². The van der Waals surface area contributed by atoms with E-state index in [0.717, 1.165) is 19.4 Å². The summed E-state index contributed by atoms with van der Waals surface area (Å²) in [5, 5.41) is 1.93. The van der Waals surface area contributed by atoms with Gasteiger partial charge in [-0.15, -0.1) is 0 Å². The van der Waals surface area contributed by atoms with Crippen molar-refractivity contribution < 1.29 is 4.84 Å². The van der Waals surface area contributed by atoms with E-state index < -0.39 is 0 Å². The molecule has 0 radical (unpaired) electrons. The van der Waals surface area contributed by atoms with Crippen molar-refractivity contribution in [2.75, 3.05) is 13.6 Å². The zero-order chi connectivity index (χ0) is 16.5. The Hall–Kier alpha value is -1.38. The molecule has 1 unspecified atom stereocenters. The minimum atomic E-state index is 0.350. The second kappa shape index (κ2) is 6.26. The van der Waals surface area contributed by atoms with Crippen LogP contribution in [-0.2, 0) is 16.9 Å². The van der Waals surface area contributed by atoms with Gasteiger partial charge in [0.05, 0.1) is 6.61 Å². The molecule has 1 saturated carbocycles. The summed E-state index contributed by atoms with van der Waals surface area (Å²) in [6, 6.07) is 8.98. The highest BCUT2D eigenvalue weighted by Gasteiger charge is 2.58. The average Bonchev–Trinajstić information content (AvgIpc) is 3.06. The SMILES string of the molecule is CN(CC1=CCCC=C1)OCc1ccc(C2(C)CC2(C)C)cc1. The van der Waals surface area contributed by atoms with Gasteiger partial charge in [-0.1, -0.05) is 63.3 Å². The Kier molecular flexibility index (Phi) is 4.48. The van der Waals surface area contributed by atoms with Crippen molar-refractivity contribution in [2.24, 2.45) is 5.41 Å². The Balaban J connectivity index is 1.51. The van der Waals surface area contributed by atoms with Gasteiger partial charge in [-0.05, 0) is 46.8 Å². The molecule has 0 spiro atoms. The molecule has 3 rings (SSSR count). The van der Waals surface area contributed by atoms with Crippen LogP contribution in [0.3, 0.4) is 0 Å². The van der Waals surface area contributed by atoms with Gasteiger partial charge in [-0.2, -0.15) is 5.06 Å². The summed E-state index contributed by atoms with van der Waals surface area (Å²) in [7, 11) is 2.01. The van der Waals surface area contributed by atoms with Crippen molar-refractivity contribution in [3.8, 4) is 0 Å². The second-order valence-electron chi connectivity index (χ2n) is 7.91. The van der Waals surface area contributed by atoms with Gasteiger partial charge >= 0.3 is 0 Å². The molecule has 1 atom stereocenters. The first-order chi connectivity index (χ1) is 10.9. The number of hydrogen-bond acceptors (Lipinski definition) is 2. The Morgan fingerprint density at radius 3 is 2.35 bits per heavy atom. The fourth-order valence-electron chi connectivity index (χ4n) is 3.57. The maximum atomic E-state index is 5.87. The van der Waals surface area contributed by atoms with Gasteiger partial charge in [-0.3, -0.25) is 4.84 Å². The van der Waals surface area contributed by atoms with Gasteiger partial charge in [0, 0.05) is 13.6 Å². The van der Waals surface area contributed by atoms with Gasteiger partial charge in [0.25, 0.3) is 0 Å². The normalized spacial score (nSPS) is 25.5. The van der Waals surface area contributed by atoms with Crippen LogP contribution in [0.5, 0.6) is 0 Å². The first kappa shape index (κ1) is 16.5. The molecular formula is C21H29NO. The molecule has 2 heteroatoms. The van der Waals surface area contributed by atoms with Crippen LogP contribution in [0.25, 0.3) is 0 Å². The standard InChI is InChI=1S/C21H29NO/c1-20(2)16-21(20,3)19-12-10-18(11-13-19)15-23-22(4)14-17-8-6-5-7-9-17/h6,8-13H,5,7,14-16H2,1-4H3. The fourth-order valence-corrected chi connectivity index (χ4v) is 3.57. The zero-order valence-electron chi connectivity index (χ0n) is 14.9. The molecule has 0 amide bonds. The quantitative estimate of drug-likeness (QED) is 0.684. The summed E-state index contributed by atoms with van der Waals surface area (Å²) >= 11 is 0. The smallest absolute Gasteiger partial charge is 0.0935 e. The predicted molar refractivity (Wildman–Crippen MR) is 96.1 cm³/mol. The highest BCUT2D eigenvalue weighted by atomic mass is 16.7. The van der Waals surface area contributed by atoms with Crippen LogP contribution in [0, 0.1) is 5.41 Å². The van der Waals surface area contributed by atoms with E-state index in [4.69, 9.17) is 4.84 Å². The zero-order valence-corrected chi connectivity index (χ0v) is 14.9. The van der Waals surface area contributed by atoms with Crippen molar-refractivity contribution in [2.45, 2.75) is 52.1 Å². The second-order valence-corrected chi connectivity index (χ2v) is 7.91. The summed E-state index contributed by atoms with van der Waals surface area (Å²) in [4.78, 5) is 5.87. The largest absolute Gasteiger partial charge is 0.294 e. The molecule has 1 fully saturated rings. The molecule has 0 heterocycles. The summed E-state index contributed by atoms with van der Waals surface area (Å²) in [6.45, 7) is 8.56. The Bertz CT molecular complexity index is 611. The highest BCUT2D eigenvalue weighted by Crippen LogP contribution is 2.63. The van der Waals surface area contributed by atoms with Crippen LogP contribution in [0.1, 0.15) is 51.2 Å². The molecule has 0 N–H and O–H groups in total. The van der Waals surface area contributed by atoms with Crippen molar-refractivity contribution in [3.05, 3.63) is 59.2 Å². The minimum absolute atomic E-state index is 0.350. The van der Waals surface area contributed by atoms with E-state index in [0.29, 0.717) is 17.4 Å². The van der Waals surface area contributed by atoms with E-state index in [9.17, 15) is 0 Å². The van der Waals surface area contributed by atoms with Gasteiger partial charge in [-0.25, -0.2) is 0 Å². The molecule has 0 bridgehead atoms. The van der Waals surface area contributed by atoms with Crippen molar-refractivity contribution in [1.82, 2.24) is 5.06 Å². The van der Waals surface area contributed by atoms with Gasteiger partial charge in [0.15, 0.2) is 0 Å². The number of nitrogens with zero attached hydrogens (tertiary/aromatic N) is 1. The van der Waals surface area contributed by atoms with E-state index >= 15 is 0 Å². The lowest BCUT2D eigenvalue weighted by Crippen LogP contribution is -2.21. The first-order valence-electron chi connectivity index (χ1n) is 8.70. The fraction of sp³-hybridized carbons (Fsp3) is 0.524. The van der Waals surface area contributed by atoms with Crippen molar-refractivity contribution >= 4 is 0 Å². The Labute approximate surface area is 140 Å². The van der Waals surface area contributed by atoms with Crippen molar-refractivity contribution in [3.63, 3.8) is 0 Å². The van der Waals surface area contributed by atoms with Crippen LogP contribution in [0.2, 0.25) is 0 Å². The summed E-state index contributed by atoms with van der Waals surface area (Å²) in [5.41, 5.74) is 4.82. The number of hydroxylamine groups is 2. The minimum Gasteiger partial charge on any atom is -0.294 e. The van der Waals surface area contributed by atoms with E-state index in [1.165, 1.54) is 23.1 Å². The molecule has 124 valence electrons. The maximum Gasteiger partial charge on any atom is 0.0935 e. The van der Waals surface area contributed by atoms with E-state index in [2.05, 4.69) is 63.3 Å². The van der Waals surface area contributed by atoms with Gasteiger partial charge in [0.2, 0.25) is 0 Å². The summed E-state index contributed by atoms with van der Waals surface area (Å²) < 4.78 is 0. The molecule has 2 nitrogen and oxygen atoms in total. The number of benzene rings is 1. The molecule has 0 saturated heterocycles. The molecule has 1 aromatic rings. The summed E-state index contributed by atoms with van der Waals surface area (Å²) in [6.07, 6.45) is 10.3. The molecule has 0 aliphatic heterocycles. The van der Waals surface area contributed by atoms with Crippen LogP contribution in [-0.4, -0.2) is 18.7 Å². The van der Waals surface area contributed by atoms with Crippen molar-refractivity contribution in [1.29, 1.82) is 0 Å². The number of rotatable bonds is 6. The molecule has 1 aromatic carbocycles. The number of allylic oxidation sites excluding steroid dienone is 2. The van der Waals surface area contributed by atoms with Crippen LogP contribution >= 0.6 is 0 Å².